The zero-order valence-electron chi connectivity index (χ0n) is 16.0. The second-order valence-corrected chi connectivity index (χ2v) is 6.66. The van der Waals surface area contributed by atoms with Gasteiger partial charge < -0.3 is 15.0 Å². The standard InChI is InChI=1S/C20H16F3N5O3/c21-13-7-12(8-15(9-13)31-20(22)23)17-10-16(19(30)27-6-5-25-18(29)11-27)26-28(17)14-1-3-24-4-2-14/h1-4,7-10,20H,5-6,11H2,(H,25,29). The Morgan fingerprint density at radius 1 is 1.16 bits per heavy atom. The summed E-state index contributed by atoms with van der Waals surface area (Å²) in [6.45, 7) is -2.60. The second kappa shape index (κ2) is 8.46. The van der Waals surface area contributed by atoms with Gasteiger partial charge in [-0.05, 0) is 30.3 Å². The number of amides is 2. The monoisotopic (exact) mass is 431 g/mol. The van der Waals surface area contributed by atoms with E-state index in [9.17, 15) is 22.8 Å². The molecule has 160 valence electrons. The minimum absolute atomic E-state index is 0.0158. The molecule has 31 heavy (non-hydrogen) atoms. The van der Waals surface area contributed by atoms with Crippen LogP contribution in [0.25, 0.3) is 16.9 Å². The Bertz CT molecular complexity index is 1120. The van der Waals surface area contributed by atoms with E-state index < -0.39 is 18.3 Å². The SMILES string of the molecule is O=C1CN(C(=O)c2cc(-c3cc(F)cc(OC(F)F)c3)n(-c3ccncc3)n2)CCN1. The number of nitrogens with zero attached hydrogens (tertiary/aromatic N) is 4. The molecular weight excluding hydrogens is 415 g/mol. The van der Waals surface area contributed by atoms with Crippen LogP contribution in [0.4, 0.5) is 13.2 Å². The van der Waals surface area contributed by atoms with E-state index in [0.29, 0.717) is 18.8 Å². The maximum absolute atomic E-state index is 14.1. The molecular formula is C20H16F3N5O3. The molecule has 1 aromatic carbocycles. The van der Waals surface area contributed by atoms with Crippen molar-refractivity contribution >= 4 is 11.8 Å². The molecule has 2 amide bonds. The molecule has 11 heteroatoms. The van der Waals surface area contributed by atoms with Crippen LogP contribution in [0.1, 0.15) is 10.5 Å². The lowest BCUT2D eigenvalue weighted by Crippen LogP contribution is -2.50. The molecule has 0 aliphatic carbocycles. The highest BCUT2D eigenvalue weighted by Crippen LogP contribution is 2.29. The van der Waals surface area contributed by atoms with Crippen molar-refractivity contribution in [1.82, 2.24) is 25.0 Å². The van der Waals surface area contributed by atoms with Gasteiger partial charge in [-0.2, -0.15) is 13.9 Å². The average Bonchev–Trinajstić information content (AvgIpc) is 3.18. The number of benzene rings is 1. The Labute approximate surface area is 174 Å². The lowest BCUT2D eigenvalue weighted by Gasteiger charge is -2.25. The number of carbonyl (C=O) groups is 2. The Balaban J connectivity index is 1.79. The number of halogens is 3. The molecule has 0 unspecified atom stereocenters. The van der Waals surface area contributed by atoms with Crippen LogP contribution in [0.3, 0.4) is 0 Å². The first-order valence-electron chi connectivity index (χ1n) is 9.23. The van der Waals surface area contributed by atoms with E-state index in [1.54, 1.807) is 12.1 Å². The molecule has 0 saturated carbocycles. The van der Waals surface area contributed by atoms with Crippen LogP contribution in [0.2, 0.25) is 0 Å². The summed E-state index contributed by atoms with van der Waals surface area (Å²) in [4.78, 5) is 29.8. The number of carbonyl (C=O) groups excluding carboxylic acids is 2. The molecule has 4 rings (SSSR count). The lowest BCUT2D eigenvalue weighted by molar-refractivity contribution is -0.123. The molecule has 2 aromatic heterocycles. The van der Waals surface area contributed by atoms with Crippen molar-refractivity contribution in [2.45, 2.75) is 6.61 Å². The van der Waals surface area contributed by atoms with Gasteiger partial charge in [0.25, 0.3) is 5.91 Å². The largest absolute Gasteiger partial charge is 0.435 e. The van der Waals surface area contributed by atoms with Crippen molar-refractivity contribution in [1.29, 1.82) is 0 Å². The zero-order chi connectivity index (χ0) is 22.0. The highest BCUT2D eigenvalue weighted by molar-refractivity contribution is 5.96. The first-order chi connectivity index (χ1) is 14.9. The predicted octanol–water partition coefficient (Wildman–Crippen LogP) is 2.25. The summed E-state index contributed by atoms with van der Waals surface area (Å²) in [7, 11) is 0. The van der Waals surface area contributed by atoms with Gasteiger partial charge in [-0.25, -0.2) is 9.07 Å². The summed E-state index contributed by atoms with van der Waals surface area (Å²) in [6, 6.07) is 7.84. The van der Waals surface area contributed by atoms with Gasteiger partial charge in [-0.15, -0.1) is 0 Å². The summed E-state index contributed by atoms with van der Waals surface area (Å²) in [6.07, 6.45) is 3.02. The highest BCUT2D eigenvalue weighted by atomic mass is 19.3. The quantitative estimate of drug-likeness (QED) is 0.670. The molecule has 1 fully saturated rings. The highest BCUT2D eigenvalue weighted by Gasteiger charge is 2.26. The van der Waals surface area contributed by atoms with E-state index in [1.165, 1.54) is 34.1 Å². The van der Waals surface area contributed by atoms with Gasteiger partial charge in [0, 0.05) is 37.1 Å². The Kier molecular flexibility index (Phi) is 5.56. The first-order valence-corrected chi connectivity index (χ1v) is 9.23. The summed E-state index contributed by atoms with van der Waals surface area (Å²) < 4.78 is 45.1. The Morgan fingerprint density at radius 3 is 2.65 bits per heavy atom. The fourth-order valence-electron chi connectivity index (χ4n) is 3.23. The fourth-order valence-corrected chi connectivity index (χ4v) is 3.23. The van der Waals surface area contributed by atoms with Crippen molar-refractivity contribution in [2.75, 3.05) is 19.6 Å². The minimum Gasteiger partial charge on any atom is -0.435 e. The molecule has 0 atom stereocenters. The van der Waals surface area contributed by atoms with Crippen LogP contribution in [-0.4, -0.2) is 57.7 Å². The number of piperazine rings is 1. The molecule has 1 aliphatic heterocycles. The van der Waals surface area contributed by atoms with Gasteiger partial charge in [0.2, 0.25) is 5.91 Å². The number of hydrogen-bond donors (Lipinski definition) is 1. The topological polar surface area (TPSA) is 89.4 Å². The van der Waals surface area contributed by atoms with Gasteiger partial charge >= 0.3 is 6.61 Å². The van der Waals surface area contributed by atoms with E-state index >= 15 is 0 Å². The van der Waals surface area contributed by atoms with Crippen molar-refractivity contribution in [3.8, 4) is 22.7 Å². The van der Waals surface area contributed by atoms with Crippen LogP contribution < -0.4 is 10.1 Å². The van der Waals surface area contributed by atoms with Crippen LogP contribution >= 0.6 is 0 Å². The maximum Gasteiger partial charge on any atom is 0.387 e. The Hall–Kier alpha value is -3.89. The van der Waals surface area contributed by atoms with Crippen LogP contribution in [0, 0.1) is 5.82 Å². The normalized spacial score (nSPS) is 13.9. The number of hydrogen-bond acceptors (Lipinski definition) is 5. The van der Waals surface area contributed by atoms with Gasteiger partial charge in [-0.3, -0.25) is 14.6 Å². The third-order valence-electron chi connectivity index (χ3n) is 4.55. The molecule has 0 spiro atoms. The predicted molar refractivity (Wildman–Crippen MR) is 102 cm³/mol. The van der Waals surface area contributed by atoms with Crippen LogP contribution in [0.5, 0.6) is 5.75 Å². The molecule has 0 radical (unpaired) electrons. The molecule has 8 nitrogen and oxygen atoms in total. The molecule has 3 heterocycles. The summed E-state index contributed by atoms with van der Waals surface area (Å²) in [5.74, 6) is -1.93. The van der Waals surface area contributed by atoms with Crippen molar-refractivity contribution in [3.05, 3.63) is 60.3 Å². The molecule has 1 N–H and O–H groups in total. The fraction of sp³-hybridized carbons (Fsp3) is 0.200. The maximum atomic E-state index is 14.1. The van der Waals surface area contributed by atoms with Crippen LogP contribution in [0.15, 0.2) is 48.8 Å². The second-order valence-electron chi connectivity index (χ2n) is 6.66. The van der Waals surface area contributed by atoms with E-state index in [1.807, 2.05) is 0 Å². The van der Waals surface area contributed by atoms with Crippen LogP contribution in [-0.2, 0) is 4.79 Å². The van der Waals surface area contributed by atoms with Crippen molar-refractivity contribution < 1.29 is 27.5 Å². The van der Waals surface area contributed by atoms with Gasteiger partial charge in [0.1, 0.15) is 11.6 Å². The lowest BCUT2D eigenvalue weighted by atomic mass is 10.1. The summed E-state index contributed by atoms with van der Waals surface area (Å²) >= 11 is 0. The Morgan fingerprint density at radius 2 is 1.94 bits per heavy atom. The smallest absolute Gasteiger partial charge is 0.387 e. The molecule has 1 aliphatic rings. The van der Waals surface area contributed by atoms with E-state index in [4.69, 9.17) is 0 Å². The zero-order valence-corrected chi connectivity index (χ0v) is 16.0. The molecule has 3 aromatic rings. The number of ether oxygens (including phenoxy) is 1. The van der Waals surface area contributed by atoms with E-state index in [2.05, 4.69) is 20.1 Å². The number of pyridine rings is 1. The van der Waals surface area contributed by atoms with Crippen molar-refractivity contribution in [2.24, 2.45) is 0 Å². The number of aromatic nitrogens is 3. The number of nitrogens with one attached hydrogen (secondary N) is 1. The van der Waals surface area contributed by atoms with Gasteiger partial charge in [0.15, 0.2) is 5.69 Å². The number of alkyl halides is 2. The van der Waals surface area contributed by atoms with E-state index in [0.717, 1.165) is 12.1 Å². The van der Waals surface area contributed by atoms with Crippen molar-refractivity contribution in [3.63, 3.8) is 0 Å². The first kappa shape index (κ1) is 20.4. The minimum atomic E-state index is -3.12. The van der Waals surface area contributed by atoms with E-state index in [-0.39, 0.29) is 35.2 Å². The van der Waals surface area contributed by atoms with Gasteiger partial charge in [-0.1, -0.05) is 0 Å². The summed E-state index contributed by atoms with van der Waals surface area (Å²) in [5.41, 5.74) is 0.980. The number of rotatable bonds is 5. The summed E-state index contributed by atoms with van der Waals surface area (Å²) in [5, 5.41) is 6.96. The molecule has 0 bridgehead atoms. The molecule has 1 saturated heterocycles. The average molecular weight is 431 g/mol. The third-order valence-corrected chi connectivity index (χ3v) is 4.55. The third kappa shape index (κ3) is 4.49. The van der Waals surface area contributed by atoms with Gasteiger partial charge in [0.05, 0.1) is 17.9 Å².